The second-order valence-corrected chi connectivity index (χ2v) is 4.15. The van der Waals surface area contributed by atoms with Crippen molar-refractivity contribution >= 4 is 28.4 Å². The van der Waals surface area contributed by atoms with Gasteiger partial charge in [0.2, 0.25) is 5.78 Å². The lowest BCUT2D eigenvalue weighted by Gasteiger charge is -1.93. The monoisotopic (exact) mass is 258 g/mol. The average molecular weight is 259 g/mol. The van der Waals surface area contributed by atoms with Gasteiger partial charge in [0.05, 0.1) is 0 Å². The fraction of sp³-hybridized carbons (Fsp3) is 0. The summed E-state index contributed by atoms with van der Waals surface area (Å²) in [5.41, 5.74) is 0.923. The van der Waals surface area contributed by atoms with E-state index >= 15 is 0 Å². The van der Waals surface area contributed by atoms with E-state index in [0.29, 0.717) is 16.3 Å². The summed E-state index contributed by atoms with van der Waals surface area (Å²) in [6, 6.07) is 8.39. The van der Waals surface area contributed by atoms with E-state index in [2.05, 4.69) is 9.97 Å². The molecule has 0 bridgehead atoms. The van der Waals surface area contributed by atoms with Gasteiger partial charge in [0.15, 0.2) is 5.76 Å². The van der Waals surface area contributed by atoms with Gasteiger partial charge in [-0.25, -0.2) is 9.97 Å². The molecule has 0 N–H and O–H groups in total. The van der Waals surface area contributed by atoms with Crippen LogP contribution in [0.1, 0.15) is 16.2 Å². The van der Waals surface area contributed by atoms with Crippen LogP contribution in [-0.4, -0.2) is 15.8 Å². The third kappa shape index (κ3) is 1.87. The lowest BCUT2D eigenvalue weighted by Crippen LogP contribution is -2.02. The molecule has 2 aromatic heterocycles. The number of hydrogen-bond donors (Lipinski definition) is 0. The van der Waals surface area contributed by atoms with Crippen molar-refractivity contribution in [1.29, 1.82) is 0 Å². The summed E-state index contributed by atoms with van der Waals surface area (Å²) in [5, 5.41) is 1.39. The number of hydrogen-bond acceptors (Lipinski definition) is 4. The van der Waals surface area contributed by atoms with Gasteiger partial charge in [0.25, 0.3) is 0 Å². The molecule has 0 aliphatic rings. The summed E-state index contributed by atoms with van der Waals surface area (Å²) in [7, 11) is 0. The molecule has 4 nitrogen and oxygen atoms in total. The van der Waals surface area contributed by atoms with Crippen LogP contribution in [-0.2, 0) is 0 Å². The van der Waals surface area contributed by atoms with Crippen molar-refractivity contribution in [1.82, 2.24) is 9.97 Å². The molecule has 0 atom stereocenters. The highest BCUT2D eigenvalue weighted by Crippen LogP contribution is 2.24. The SMILES string of the molecule is O=C(c1ccncn1)c1cc2cc(Cl)ccc2o1. The Morgan fingerprint density at radius 3 is 2.89 bits per heavy atom. The van der Waals surface area contributed by atoms with Crippen molar-refractivity contribution in [2.24, 2.45) is 0 Å². The van der Waals surface area contributed by atoms with E-state index in [9.17, 15) is 4.79 Å². The van der Waals surface area contributed by atoms with Crippen molar-refractivity contribution < 1.29 is 9.21 Å². The predicted molar refractivity (Wildman–Crippen MR) is 66.7 cm³/mol. The van der Waals surface area contributed by atoms with Gasteiger partial charge in [-0.15, -0.1) is 0 Å². The van der Waals surface area contributed by atoms with Gasteiger partial charge in [-0.05, 0) is 30.3 Å². The normalized spacial score (nSPS) is 10.7. The molecule has 88 valence electrons. The van der Waals surface area contributed by atoms with Gasteiger partial charge < -0.3 is 4.42 Å². The molecule has 0 fully saturated rings. The van der Waals surface area contributed by atoms with Gasteiger partial charge in [0.1, 0.15) is 17.6 Å². The number of fused-ring (bicyclic) bond motifs is 1. The highest BCUT2D eigenvalue weighted by atomic mass is 35.5. The van der Waals surface area contributed by atoms with Crippen molar-refractivity contribution in [2.45, 2.75) is 0 Å². The Morgan fingerprint density at radius 1 is 1.22 bits per heavy atom. The number of carbonyl (C=O) groups excluding carboxylic acids is 1. The standard InChI is InChI=1S/C13H7ClN2O2/c14-9-1-2-11-8(5-9)6-12(18-11)13(17)10-3-4-15-7-16-10/h1-7H. The van der Waals surface area contributed by atoms with Crippen LogP contribution in [0.2, 0.25) is 5.02 Å². The Kier molecular flexibility index (Phi) is 2.57. The zero-order valence-electron chi connectivity index (χ0n) is 9.13. The highest BCUT2D eigenvalue weighted by Gasteiger charge is 2.15. The summed E-state index contributed by atoms with van der Waals surface area (Å²) in [6.45, 7) is 0. The topological polar surface area (TPSA) is 56.0 Å². The van der Waals surface area contributed by atoms with Gasteiger partial charge in [0, 0.05) is 16.6 Å². The fourth-order valence-electron chi connectivity index (χ4n) is 1.68. The summed E-state index contributed by atoms with van der Waals surface area (Å²) in [4.78, 5) is 19.7. The minimum Gasteiger partial charge on any atom is -0.453 e. The van der Waals surface area contributed by atoms with E-state index in [0.717, 1.165) is 5.39 Å². The quantitative estimate of drug-likeness (QED) is 0.663. The molecule has 3 aromatic rings. The highest BCUT2D eigenvalue weighted by molar-refractivity contribution is 6.31. The smallest absolute Gasteiger partial charge is 0.246 e. The number of nitrogens with zero attached hydrogens (tertiary/aromatic N) is 2. The van der Waals surface area contributed by atoms with Gasteiger partial charge >= 0.3 is 0 Å². The molecule has 0 saturated carbocycles. The maximum atomic E-state index is 12.1. The number of carbonyl (C=O) groups is 1. The third-order valence-corrected chi connectivity index (χ3v) is 2.75. The predicted octanol–water partition coefficient (Wildman–Crippen LogP) is 3.11. The molecule has 0 saturated heterocycles. The zero-order valence-corrected chi connectivity index (χ0v) is 9.89. The zero-order chi connectivity index (χ0) is 12.5. The Bertz CT molecular complexity index is 722. The summed E-state index contributed by atoms with van der Waals surface area (Å²) in [5.74, 6) is -0.0318. The second-order valence-electron chi connectivity index (χ2n) is 3.72. The van der Waals surface area contributed by atoms with Crippen LogP contribution in [0.4, 0.5) is 0 Å². The number of furan rings is 1. The molecule has 0 aliphatic heterocycles. The second kappa shape index (κ2) is 4.23. The molecular weight excluding hydrogens is 252 g/mol. The van der Waals surface area contributed by atoms with E-state index in [1.807, 2.05) is 0 Å². The molecule has 3 rings (SSSR count). The molecule has 0 radical (unpaired) electrons. The van der Waals surface area contributed by atoms with Crippen molar-refractivity contribution in [3.63, 3.8) is 0 Å². The molecule has 0 amide bonds. The molecule has 1 aromatic carbocycles. The number of rotatable bonds is 2. The van der Waals surface area contributed by atoms with Crippen LogP contribution >= 0.6 is 11.6 Å². The number of benzene rings is 1. The number of aromatic nitrogens is 2. The van der Waals surface area contributed by atoms with Gasteiger partial charge in [-0.3, -0.25) is 4.79 Å². The van der Waals surface area contributed by atoms with Crippen molar-refractivity contribution in [3.8, 4) is 0 Å². The first-order valence-corrected chi connectivity index (χ1v) is 5.61. The molecule has 0 spiro atoms. The van der Waals surface area contributed by atoms with Crippen LogP contribution < -0.4 is 0 Å². The Labute approximate surface area is 107 Å². The van der Waals surface area contributed by atoms with Crippen LogP contribution in [0.25, 0.3) is 11.0 Å². The molecule has 2 heterocycles. The van der Waals surface area contributed by atoms with E-state index in [4.69, 9.17) is 16.0 Å². The first-order chi connectivity index (χ1) is 8.74. The van der Waals surface area contributed by atoms with Gasteiger partial charge in [-0.1, -0.05) is 11.6 Å². The van der Waals surface area contributed by atoms with E-state index in [1.165, 1.54) is 12.5 Å². The van der Waals surface area contributed by atoms with Crippen LogP contribution in [0.5, 0.6) is 0 Å². The first-order valence-electron chi connectivity index (χ1n) is 5.24. The third-order valence-electron chi connectivity index (χ3n) is 2.52. The Morgan fingerprint density at radius 2 is 2.11 bits per heavy atom. The maximum Gasteiger partial charge on any atom is 0.246 e. The van der Waals surface area contributed by atoms with Crippen LogP contribution in [0, 0.1) is 0 Å². The lowest BCUT2D eigenvalue weighted by atomic mass is 10.2. The minimum atomic E-state index is -0.273. The van der Waals surface area contributed by atoms with E-state index < -0.39 is 0 Å². The van der Waals surface area contributed by atoms with Crippen LogP contribution in [0.3, 0.4) is 0 Å². The first kappa shape index (κ1) is 10.9. The maximum absolute atomic E-state index is 12.1. The fourth-order valence-corrected chi connectivity index (χ4v) is 1.86. The Hall–Kier alpha value is -2.20. The lowest BCUT2D eigenvalue weighted by molar-refractivity contribution is 0.101. The van der Waals surface area contributed by atoms with E-state index in [1.54, 1.807) is 30.3 Å². The molecule has 0 aliphatic carbocycles. The van der Waals surface area contributed by atoms with Gasteiger partial charge in [-0.2, -0.15) is 0 Å². The largest absolute Gasteiger partial charge is 0.453 e. The van der Waals surface area contributed by atoms with E-state index in [-0.39, 0.29) is 11.5 Å². The van der Waals surface area contributed by atoms with Crippen LogP contribution in [0.15, 0.2) is 47.3 Å². The summed E-state index contributed by atoms with van der Waals surface area (Å²) >= 11 is 5.88. The molecule has 0 unspecified atom stereocenters. The number of ketones is 1. The van der Waals surface area contributed by atoms with Crippen molar-refractivity contribution in [3.05, 3.63) is 59.3 Å². The average Bonchev–Trinajstić information content (AvgIpc) is 2.81. The summed E-state index contributed by atoms with van der Waals surface area (Å²) in [6.07, 6.45) is 2.84. The van der Waals surface area contributed by atoms with Crippen molar-refractivity contribution in [2.75, 3.05) is 0 Å². The molecule has 5 heteroatoms. The minimum absolute atomic E-state index is 0.242. The Balaban J connectivity index is 2.07. The molecular formula is C13H7ClN2O2. The summed E-state index contributed by atoms with van der Waals surface area (Å²) < 4.78 is 5.47. The number of halogens is 1. The molecule has 18 heavy (non-hydrogen) atoms.